The van der Waals surface area contributed by atoms with Gasteiger partial charge in [0.2, 0.25) is 5.91 Å². The van der Waals surface area contributed by atoms with Crippen LogP contribution in [0.4, 0.5) is 0 Å². The van der Waals surface area contributed by atoms with Gasteiger partial charge >= 0.3 is 0 Å². The molecular weight excluding hydrogens is 296 g/mol. The quantitative estimate of drug-likeness (QED) is 0.756. The molecule has 0 saturated heterocycles. The van der Waals surface area contributed by atoms with Gasteiger partial charge in [-0.2, -0.15) is 0 Å². The van der Waals surface area contributed by atoms with Gasteiger partial charge in [-0.05, 0) is 30.2 Å². The average molecular weight is 315 g/mol. The molecule has 0 aromatic heterocycles. The zero-order valence-electron chi connectivity index (χ0n) is 10.7. The lowest BCUT2D eigenvalue weighted by atomic mass is 10.0. The van der Waals surface area contributed by atoms with Crippen molar-refractivity contribution in [3.05, 3.63) is 28.7 Å². The molecule has 0 aliphatic carbocycles. The molecule has 1 amide bonds. The molecule has 0 aliphatic rings. The lowest BCUT2D eigenvalue weighted by Crippen LogP contribution is -2.46. The van der Waals surface area contributed by atoms with E-state index < -0.39 is 0 Å². The maximum absolute atomic E-state index is 11.2. The van der Waals surface area contributed by atoms with Crippen LogP contribution in [0.25, 0.3) is 0 Å². The Hall–Kier alpha value is -1.07. The number of benzene rings is 1. The standard InChI is InChI=1S/C13H19BrN2O2/c1-9(2)12(13(15)17)16-7-8-18-11-5-3-10(14)4-6-11/h3-6,9,12,16H,7-8H2,1-2H3,(H2,15,17). The molecule has 1 unspecified atom stereocenters. The van der Waals surface area contributed by atoms with E-state index in [-0.39, 0.29) is 17.9 Å². The van der Waals surface area contributed by atoms with Crippen molar-refractivity contribution in [3.63, 3.8) is 0 Å². The minimum atomic E-state index is -0.325. The van der Waals surface area contributed by atoms with E-state index in [0.29, 0.717) is 13.2 Å². The molecule has 3 N–H and O–H groups in total. The van der Waals surface area contributed by atoms with E-state index in [1.54, 1.807) is 0 Å². The number of halogens is 1. The SMILES string of the molecule is CC(C)C(NCCOc1ccc(Br)cc1)C(N)=O. The normalized spacial score (nSPS) is 12.4. The molecule has 18 heavy (non-hydrogen) atoms. The molecule has 1 aromatic rings. The molecule has 1 aromatic carbocycles. The summed E-state index contributed by atoms with van der Waals surface area (Å²) in [7, 11) is 0. The van der Waals surface area contributed by atoms with Gasteiger partial charge in [-0.3, -0.25) is 4.79 Å². The van der Waals surface area contributed by atoms with Gasteiger partial charge in [0.15, 0.2) is 0 Å². The Morgan fingerprint density at radius 1 is 1.39 bits per heavy atom. The van der Waals surface area contributed by atoms with Crippen molar-refractivity contribution in [1.29, 1.82) is 0 Å². The van der Waals surface area contributed by atoms with E-state index in [0.717, 1.165) is 10.2 Å². The van der Waals surface area contributed by atoms with Gasteiger partial charge in [0.05, 0.1) is 6.04 Å². The van der Waals surface area contributed by atoms with E-state index in [9.17, 15) is 4.79 Å². The van der Waals surface area contributed by atoms with Crippen LogP contribution in [0, 0.1) is 5.92 Å². The van der Waals surface area contributed by atoms with Gasteiger partial charge in [-0.15, -0.1) is 0 Å². The van der Waals surface area contributed by atoms with E-state index in [4.69, 9.17) is 10.5 Å². The van der Waals surface area contributed by atoms with Crippen LogP contribution in [0.15, 0.2) is 28.7 Å². The topological polar surface area (TPSA) is 64.3 Å². The Balaban J connectivity index is 2.29. The highest BCUT2D eigenvalue weighted by atomic mass is 79.9. The lowest BCUT2D eigenvalue weighted by Gasteiger charge is -2.18. The third kappa shape index (κ3) is 5.06. The van der Waals surface area contributed by atoms with E-state index in [1.165, 1.54) is 0 Å². The number of primary amides is 1. The van der Waals surface area contributed by atoms with Gasteiger partial charge in [-0.25, -0.2) is 0 Å². The highest BCUT2D eigenvalue weighted by Crippen LogP contribution is 2.15. The van der Waals surface area contributed by atoms with Gasteiger partial charge in [-0.1, -0.05) is 29.8 Å². The van der Waals surface area contributed by atoms with Gasteiger partial charge in [0.25, 0.3) is 0 Å². The van der Waals surface area contributed by atoms with Crippen LogP contribution < -0.4 is 15.8 Å². The van der Waals surface area contributed by atoms with Crippen molar-refractivity contribution in [2.45, 2.75) is 19.9 Å². The van der Waals surface area contributed by atoms with Crippen molar-refractivity contribution in [2.24, 2.45) is 11.7 Å². The van der Waals surface area contributed by atoms with Gasteiger partial charge in [0, 0.05) is 11.0 Å². The van der Waals surface area contributed by atoms with Crippen LogP contribution in [0.5, 0.6) is 5.75 Å². The first-order valence-electron chi connectivity index (χ1n) is 5.91. The summed E-state index contributed by atoms with van der Waals surface area (Å²) in [5.74, 6) is 0.656. The smallest absolute Gasteiger partial charge is 0.234 e. The highest BCUT2D eigenvalue weighted by Gasteiger charge is 2.17. The monoisotopic (exact) mass is 314 g/mol. The summed E-state index contributed by atoms with van der Waals surface area (Å²) in [6, 6.07) is 7.31. The maximum atomic E-state index is 11.2. The fourth-order valence-electron chi connectivity index (χ4n) is 1.58. The van der Waals surface area contributed by atoms with Gasteiger partial charge in [0.1, 0.15) is 12.4 Å². The second-order valence-electron chi connectivity index (χ2n) is 4.38. The van der Waals surface area contributed by atoms with E-state index in [2.05, 4.69) is 21.2 Å². The highest BCUT2D eigenvalue weighted by molar-refractivity contribution is 9.10. The molecule has 100 valence electrons. The summed E-state index contributed by atoms with van der Waals surface area (Å²) in [6.07, 6.45) is 0. The Morgan fingerprint density at radius 3 is 2.50 bits per heavy atom. The number of hydrogen-bond donors (Lipinski definition) is 2. The summed E-state index contributed by atoms with van der Waals surface area (Å²) in [5, 5.41) is 3.09. The summed E-state index contributed by atoms with van der Waals surface area (Å²) in [5.41, 5.74) is 5.30. The third-order valence-electron chi connectivity index (χ3n) is 2.52. The average Bonchev–Trinajstić information content (AvgIpc) is 2.30. The van der Waals surface area contributed by atoms with Crippen LogP contribution >= 0.6 is 15.9 Å². The van der Waals surface area contributed by atoms with Crippen LogP contribution in [0.1, 0.15) is 13.8 Å². The molecule has 1 rings (SSSR count). The first-order chi connectivity index (χ1) is 8.50. The van der Waals surface area contributed by atoms with E-state index in [1.807, 2.05) is 38.1 Å². The maximum Gasteiger partial charge on any atom is 0.234 e. The minimum Gasteiger partial charge on any atom is -0.492 e. The second kappa shape index (κ2) is 7.38. The summed E-state index contributed by atoms with van der Waals surface area (Å²) < 4.78 is 6.55. The number of carbonyl (C=O) groups is 1. The second-order valence-corrected chi connectivity index (χ2v) is 5.30. The predicted molar refractivity (Wildman–Crippen MR) is 75.5 cm³/mol. The lowest BCUT2D eigenvalue weighted by molar-refractivity contribution is -0.121. The fourth-order valence-corrected chi connectivity index (χ4v) is 1.84. The number of hydrogen-bond acceptors (Lipinski definition) is 3. The number of nitrogens with two attached hydrogens (primary N) is 1. The number of carbonyl (C=O) groups excluding carboxylic acids is 1. The van der Waals surface area contributed by atoms with Crippen LogP contribution in [0.2, 0.25) is 0 Å². The summed E-state index contributed by atoms with van der Waals surface area (Å²) >= 11 is 3.36. The van der Waals surface area contributed by atoms with Crippen molar-refractivity contribution in [1.82, 2.24) is 5.32 Å². The number of amides is 1. The molecule has 0 radical (unpaired) electrons. The first-order valence-corrected chi connectivity index (χ1v) is 6.71. The molecule has 4 nitrogen and oxygen atoms in total. The van der Waals surface area contributed by atoms with Crippen molar-refractivity contribution < 1.29 is 9.53 Å². The zero-order valence-corrected chi connectivity index (χ0v) is 12.2. The van der Waals surface area contributed by atoms with Crippen LogP contribution in [-0.2, 0) is 4.79 Å². The first kappa shape index (κ1) is 15.0. The van der Waals surface area contributed by atoms with E-state index >= 15 is 0 Å². The molecule has 0 spiro atoms. The molecule has 1 atom stereocenters. The van der Waals surface area contributed by atoms with Crippen molar-refractivity contribution in [3.8, 4) is 5.75 Å². The third-order valence-corrected chi connectivity index (χ3v) is 3.05. The zero-order chi connectivity index (χ0) is 13.5. The fraction of sp³-hybridized carbons (Fsp3) is 0.462. The molecule has 0 saturated carbocycles. The molecule has 0 fully saturated rings. The predicted octanol–water partition coefficient (Wildman–Crippen LogP) is 1.93. The van der Waals surface area contributed by atoms with Gasteiger partial charge < -0.3 is 15.8 Å². The number of rotatable bonds is 7. The Labute approximate surface area is 116 Å². The van der Waals surface area contributed by atoms with Crippen LogP contribution in [-0.4, -0.2) is 25.1 Å². The Bertz CT molecular complexity index is 379. The Morgan fingerprint density at radius 2 is 2.00 bits per heavy atom. The molecule has 0 bridgehead atoms. The summed E-state index contributed by atoms with van der Waals surface area (Å²) in [4.78, 5) is 11.2. The summed E-state index contributed by atoms with van der Waals surface area (Å²) in [6.45, 7) is 5.00. The molecule has 0 aliphatic heterocycles. The number of nitrogens with one attached hydrogen (secondary N) is 1. The molecule has 0 heterocycles. The van der Waals surface area contributed by atoms with Crippen molar-refractivity contribution >= 4 is 21.8 Å². The molecule has 5 heteroatoms. The number of ether oxygens (including phenoxy) is 1. The van der Waals surface area contributed by atoms with Crippen LogP contribution in [0.3, 0.4) is 0 Å². The minimum absolute atomic E-state index is 0.176. The van der Waals surface area contributed by atoms with Crippen molar-refractivity contribution in [2.75, 3.05) is 13.2 Å². The Kier molecular flexibility index (Phi) is 6.15. The molecular formula is C13H19BrN2O2. The largest absolute Gasteiger partial charge is 0.492 e.